The molecule has 5 heteroatoms. The highest BCUT2D eigenvalue weighted by Crippen LogP contribution is 2.28. The molecular formula is C25H26N2O3. The van der Waals surface area contributed by atoms with Crippen molar-refractivity contribution in [1.29, 1.82) is 0 Å². The Kier molecular flexibility index (Phi) is 7.61. The van der Waals surface area contributed by atoms with Gasteiger partial charge in [-0.15, -0.1) is 0 Å². The van der Waals surface area contributed by atoms with Crippen molar-refractivity contribution in [2.24, 2.45) is 5.10 Å². The molecule has 154 valence electrons. The molecule has 1 amide bonds. The summed E-state index contributed by atoms with van der Waals surface area (Å²) in [5, 5.41) is 4.17. The minimum absolute atomic E-state index is 0.195. The Morgan fingerprint density at radius 1 is 0.867 bits per heavy atom. The van der Waals surface area contributed by atoms with Crippen LogP contribution in [0.15, 0.2) is 84.0 Å². The third-order valence-electron chi connectivity index (χ3n) is 4.48. The number of nitrogens with zero attached hydrogens (tertiary/aromatic N) is 1. The van der Waals surface area contributed by atoms with Crippen LogP contribution in [0.5, 0.6) is 11.5 Å². The summed E-state index contributed by atoms with van der Waals surface area (Å²) in [4.78, 5) is 13.0. The van der Waals surface area contributed by atoms with Crippen molar-refractivity contribution < 1.29 is 14.3 Å². The molecule has 0 bridgehead atoms. The summed E-state index contributed by atoms with van der Waals surface area (Å²) < 4.78 is 11.2. The zero-order valence-corrected chi connectivity index (χ0v) is 17.2. The lowest BCUT2D eigenvalue weighted by molar-refractivity contribution is -0.121. The average Bonchev–Trinajstić information content (AvgIpc) is 2.77. The SMILES string of the molecule is CCOc1ccc(/C=N/NC(=O)C(c2ccccc2)c2ccccc2)cc1OCC. The van der Waals surface area contributed by atoms with Crippen molar-refractivity contribution in [3.8, 4) is 11.5 Å². The lowest BCUT2D eigenvalue weighted by Gasteiger charge is -2.16. The van der Waals surface area contributed by atoms with Gasteiger partial charge in [0.15, 0.2) is 11.5 Å². The van der Waals surface area contributed by atoms with Crippen molar-refractivity contribution in [3.63, 3.8) is 0 Å². The molecular weight excluding hydrogens is 376 g/mol. The summed E-state index contributed by atoms with van der Waals surface area (Å²) in [6.45, 7) is 4.94. The molecule has 0 saturated carbocycles. The Morgan fingerprint density at radius 2 is 1.43 bits per heavy atom. The second-order valence-electron chi connectivity index (χ2n) is 6.56. The van der Waals surface area contributed by atoms with Gasteiger partial charge in [-0.3, -0.25) is 4.79 Å². The molecule has 0 saturated heterocycles. The summed E-state index contributed by atoms with van der Waals surface area (Å²) in [5.74, 6) is 0.707. The van der Waals surface area contributed by atoms with Crippen molar-refractivity contribution in [1.82, 2.24) is 5.43 Å². The molecule has 30 heavy (non-hydrogen) atoms. The molecule has 3 rings (SSSR count). The van der Waals surface area contributed by atoms with Crippen molar-refractivity contribution >= 4 is 12.1 Å². The molecule has 0 heterocycles. The molecule has 3 aromatic carbocycles. The molecule has 0 aliphatic carbocycles. The molecule has 0 atom stereocenters. The van der Waals surface area contributed by atoms with Crippen molar-refractivity contribution in [2.75, 3.05) is 13.2 Å². The molecule has 0 aromatic heterocycles. The monoisotopic (exact) mass is 402 g/mol. The van der Waals surface area contributed by atoms with Gasteiger partial charge in [0.1, 0.15) is 0 Å². The third kappa shape index (κ3) is 5.47. The number of hydrogen-bond acceptors (Lipinski definition) is 4. The number of carbonyl (C=O) groups is 1. The van der Waals surface area contributed by atoms with Crippen LogP contribution in [0.3, 0.4) is 0 Å². The number of ether oxygens (including phenoxy) is 2. The topological polar surface area (TPSA) is 59.9 Å². The maximum atomic E-state index is 13.0. The van der Waals surface area contributed by atoms with Gasteiger partial charge in [0, 0.05) is 0 Å². The third-order valence-corrected chi connectivity index (χ3v) is 4.48. The second-order valence-corrected chi connectivity index (χ2v) is 6.56. The molecule has 0 aliphatic rings. The maximum Gasteiger partial charge on any atom is 0.252 e. The Bertz CT molecular complexity index is 933. The highest BCUT2D eigenvalue weighted by molar-refractivity contribution is 5.88. The van der Waals surface area contributed by atoms with E-state index in [4.69, 9.17) is 9.47 Å². The van der Waals surface area contributed by atoms with E-state index in [1.54, 1.807) is 6.21 Å². The summed E-state index contributed by atoms with van der Waals surface area (Å²) in [5.41, 5.74) is 5.31. The molecule has 0 fully saturated rings. The number of benzene rings is 3. The Hall–Kier alpha value is -3.60. The smallest absolute Gasteiger partial charge is 0.252 e. The fourth-order valence-corrected chi connectivity index (χ4v) is 3.17. The number of carbonyl (C=O) groups excluding carboxylic acids is 1. The minimum Gasteiger partial charge on any atom is -0.490 e. The zero-order valence-electron chi connectivity index (χ0n) is 17.2. The van der Waals surface area contributed by atoms with E-state index in [2.05, 4.69) is 10.5 Å². The molecule has 5 nitrogen and oxygen atoms in total. The average molecular weight is 402 g/mol. The maximum absolute atomic E-state index is 13.0. The summed E-state index contributed by atoms with van der Waals surface area (Å²) in [6.07, 6.45) is 1.60. The summed E-state index contributed by atoms with van der Waals surface area (Å²) in [7, 11) is 0. The first-order chi connectivity index (χ1) is 14.7. The van der Waals surface area contributed by atoms with E-state index in [1.165, 1.54) is 0 Å². The van der Waals surface area contributed by atoms with Gasteiger partial charge in [0.05, 0.1) is 25.3 Å². The number of amides is 1. The number of hydrogen-bond donors (Lipinski definition) is 1. The van der Waals surface area contributed by atoms with E-state index >= 15 is 0 Å². The van der Waals surface area contributed by atoms with Gasteiger partial charge in [-0.25, -0.2) is 5.43 Å². The number of rotatable bonds is 9. The van der Waals surface area contributed by atoms with Crippen molar-refractivity contribution in [2.45, 2.75) is 19.8 Å². The first-order valence-electron chi connectivity index (χ1n) is 10.0. The highest BCUT2D eigenvalue weighted by Gasteiger charge is 2.22. The highest BCUT2D eigenvalue weighted by atomic mass is 16.5. The predicted octanol–water partition coefficient (Wildman–Crippen LogP) is 4.77. The normalized spacial score (nSPS) is 10.9. The van der Waals surface area contributed by atoms with Crippen LogP contribution in [0.25, 0.3) is 0 Å². The van der Waals surface area contributed by atoms with Gasteiger partial charge < -0.3 is 9.47 Å². The molecule has 0 aliphatic heterocycles. The van der Waals surface area contributed by atoms with Crippen LogP contribution >= 0.6 is 0 Å². The molecule has 0 spiro atoms. The fraction of sp³-hybridized carbons (Fsp3) is 0.200. The molecule has 0 unspecified atom stereocenters. The van der Waals surface area contributed by atoms with Crippen LogP contribution in [-0.2, 0) is 4.79 Å². The van der Waals surface area contributed by atoms with E-state index in [9.17, 15) is 4.79 Å². The van der Waals surface area contributed by atoms with Crippen LogP contribution in [-0.4, -0.2) is 25.3 Å². The zero-order chi connectivity index (χ0) is 21.2. The van der Waals surface area contributed by atoms with Gasteiger partial charge in [-0.1, -0.05) is 60.7 Å². The van der Waals surface area contributed by atoms with Gasteiger partial charge in [0.2, 0.25) is 0 Å². The Labute approximate surface area is 177 Å². The first-order valence-corrected chi connectivity index (χ1v) is 10.0. The largest absolute Gasteiger partial charge is 0.490 e. The Balaban J connectivity index is 1.77. The Morgan fingerprint density at radius 3 is 2.00 bits per heavy atom. The molecule has 3 aromatic rings. The lowest BCUT2D eigenvalue weighted by Crippen LogP contribution is -2.26. The van der Waals surface area contributed by atoms with Gasteiger partial charge in [-0.2, -0.15) is 5.10 Å². The van der Waals surface area contributed by atoms with E-state index in [0.29, 0.717) is 24.7 Å². The van der Waals surface area contributed by atoms with E-state index in [-0.39, 0.29) is 5.91 Å². The predicted molar refractivity (Wildman–Crippen MR) is 119 cm³/mol. The minimum atomic E-state index is -0.441. The van der Waals surface area contributed by atoms with Crippen LogP contribution < -0.4 is 14.9 Å². The van der Waals surface area contributed by atoms with Gasteiger partial charge in [0.25, 0.3) is 5.91 Å². The number of hydrazone groups is 1. The first kappa shape index (κ1) is 21.1. The lowest BCUT2D eigenvalue weighted by atomic mass is 9.91. The van der Waals surface area contributed by atoms with Gasteiger partial charge >= 0.3 is 0 Å². The summed E-state index contributed by atoms with van der Waals surface area (Å²) >= 11 is 0. The van der Waals surface area contributed by atoms with Crippen LogP contribution in [0.2, 0.25) is 0 Å². The standard InChI is InChI=1S/C25H26N2O3/c1-3-29-22-16-15-19(17-23(22)30-4-2)18-26-27-25(28)24(20-11-7-5-8-12-20)21-13-9-6-10-14-21/h5-18,24H,3-4H2,1-2H3,(H,27,28)/b26-18+. The van der Waals surface area contributed by atoms with Crippen LogP contribution in [0, 0.1) is 0 Å². The van der Waals surface area contributed by atoms with E-state index in [0.717, 1.165) is 16.7 Å². The van der Waals surface area contributed by atoms with Crippen LogP contribution in [0.1, 0.15) is 36.5 Å². The van der Waals surface area contributed by atoms with Crippen molar-refractivity contribution in [3.05, 3.63) is 95.6 Å². The molecule has 1 N–H and O–H groups in total. The van der Waals surface area contributed by atoms with E-state index in [1.807, 2.05) is 92.7 Å². The van der Waals surface area contributed by atoms with E-state index < -0.39 is 5.92 Å². The fourth-order valence-electron chi connectivity index (χ4n) is 3.17. The van der Waals surface area contributed by atoms with Crippen LogP contribution in [0.4, 0.5) is 0 Å². The second kappa shape index (κ2) is 10.8. The summed E-state index contributed by atoms with van der Waals surface area (Å²) in [6, 6.07) is 24.9. The van der Waals surface area contributed by atoms with Gasteiger partial charge in [-0.05, 0) is 48.7 Å². The number of nitrogens with one attached hydrogen (secondary N) is 1. The molecule has 0 radical (unpaired) electrons. The quantitative estimate of drug-likeness (QED) is 0.414.